The van der Waals surface area contributed by atoms with E-state index in [2.05, 4.69) is 15.5 Å². The fourth-order valence-electron chi connectivity index (χ4n) is 2.51. The van der Waals surface area contributed by atoms with Gasteiger partial charge in [0.15, 0.2) is 5.82 Å². The van der Waals surface area contributed by atoms with Crippen LogP contribution in [-0.2, 0) is 11.2 Å². The third kappa shape index (κ3) is 3.29. The van der Waals surface area contributed by atoms with Crippen molar-refractivity contribution in [2.24, 2.45) is 0 Å². The Morgan fingerprint density at radius 1 is 1.17 bits per heavy atom. The molecule has 0 atom stereocenters. The summed E-state index contributed by atoms with van der Waals surface area (Å²) in [6.07, 6.45) is 1.97. The van der Waals surface area contributed by atoms with Crippen molar-refractivity contribution in [2.75, 3.05) is 12.4 Å². The molecule has 0 aliphatic heterocycles. The van der Waals surface area contributed by atoms with Crippen LogP contribution in [0.15, 0.2) is 48.7 Å². The Balaban J connectivity index is 1.80. The second-order valence-electron chi connectivity index (χ2n) is 5.31. The minimum absolute atomic E-state index is 0.125. The predicted octanol–water partition coefficient (Wildman–Crippen LogP) is 3.13. The number of benzene rings is 2. The molecule has 0 aliphatic rings. The van der Waals surface area contributed by atoms with E-state index in [9.17, 15) is 4.79 Å². The van der Waals surface area contributed by atoms with Crippen molar-refractivity contribution in [3.8, 4) is 5.75 Å². The molecule has 5 heteroatoms. The molecule has 1 amide bonds. The van der Waals surface area contributed by atoms with E-state index in [0.29, 0.717) is 5.82 Å². The zero-order valence-electron chi connectivity index (χ0n) is 13.0. The summed E-state index contributed by atoms with van der Waals surface area (Å²) >= 11 is 0. The maximum Gasteiger partial charge on any atom is 0.230 e. The Kier molecular flexibility index (Phi) is 4.19. The smallest absolute Gasteiger partial charge is 0.230 e. The highest BCUT2D eigenvalue weighted by Crippen LogP contribution is 2.23. The molecule has 0 bridgehead atoms. The number of ether oxygens (including phenoxy) is 1. The molecular weight excluding hydrogens is 290 g/mol. The third-order valence-electron chi connectivity index (χ3n) is 3.68. The van der Waals surface area contributed by atoms with Gasteiger partial charge in [-0.25, -0.2) is 0 Å². The minimum Gasteiger partial charge on any atom is -0.497 e. The summed E-state index contributed by atoms with van der Waals surface area (Å²) in [5.41, 5.74) is 1.96. The fraction of sp³-hybridized carbons (Fsp3) is 0.167. The van der Waals surface area contributed by atoms with Gasteiger partial charge in [0.25, 0.3) is 0 Å². The number of hydrogen-bond acceptors (Lipinski definition) is 4. The van der Waals surface area contributed by atoms with Gasteiger partial charge in [-0.05, 0) is 30.2 Å². The lowest BCUT2D eigenvalue weighted by atomic mass is 10.1. The van der Waals surface area contributed by atoms with Crippen molar-refractivity contribution in [3.63, 3.8) is 0 Å². The highest BCUT2D eigenvalue weighted by atomic mass is 16.5. The number of carbonyl (C=O) groups excluding carboxylic acids is 1. The Morgan fingerprint density at radius 3 is 2.70 bits per heavy atom. The summed E-state index contributed by atoms with van der Waals surface area (Å²) in [5.74, 6) is 1.14. The average Bonchev–Trinajstić information content (AvgIpc) is 2.56. The number of nitrogens with one attached hydrogen (secondary N) is 1. The van der Waals surface area contributed by atoms with Crippen LogP contribution < -0.4 is 10.1 Å². The lowest BCUT2D eigenvalue weighted by molar-refractivity contribution is -0.115. The molecule has 1 N–H and O–H groups in total. The summed E-state index contributed by atoms with van der Waals surface area (Å²) in [6.45, 7) is 1.99. The summed E-state index contributed by atoms with van der Waals surface area (Å²) in [5, 5.41) is 12.8. The van der Waals surface area contributed by atoms with Crippen molar-refractivity contribution < 1.29 is 9.53 Å². The van der Waals surface area contributed by atoms with E-state index < -0.39 is 0 Å². The molecule has 116 valence electrons. The van der Waals surface area contributed by atoms with E-state index in [4.69, 9.17) is 4.74 Å². The first-order valence-electron chi connectivity index (χ1n) is 7.31. The standard InChI is InChI=1S/C18H17N3O2/c1-12-4-3-5-14-11-19-21-18(17(12)14)20-16(22)10-13-6-8-15(23-2)9-7-13/h3-9,11H,10H2,1-2H3,(H,20,21,22). The second kappa shape index (κ2) is 6.44. The number of carbonyl (C=O) groups is 1. The van der Waals surface area contributed by atoms with E-state index >= 15 is 0 Å². The molecule has 2 aromatic carbocycles. The number of fused-ring (bicyclic) bond motifs is 1. The van der Waals surface area contributed by atoms with Gasteiger partial charge in [-0.1, -0.05) is 30.3 Å². The first-order chi connectivity index (χ1) is 11.2. The largest absolute Gasteiger partial charge is 0.497 e. The highest BCUT2D eigenvalue weighted by molar-refractivity contribution is 6.01. The summed E-state index contributed by atoms with van der Waals surface area (Å²) in [7, 11) is 1.61. The maximum atomic E-state index is 12.3. The number of nitrogens with zero attached hydrogens (tertiary/aromatic N) is 2. The first-order valence-corrected chi connectivity index (χ1v) is 7.31. The summed E-state index contributed by atoms with van der Waals surface area (Å²) in [4.78, 5) is 12.3. The van der Waals surface area contributed by atoms with Crippen LogP contribution in [0, 0.1) is 6.92 Å². The molecule has 0 aliphatic carbocycles. The Hall–Kier alpha value is -2.95. The molecule has 0 saturated heterocycles. The molecule has 5 nitrogen and oxygen atoms in total. The van der Waals surface area contributed by atoms with Gasteiger partial charge >= 0.3 is 0 Å². The van der Waals surface area contributed by atoms with Gasteiger partial charge < -0.3 is 10.1 Å². The van der Waals surface area contributed by atoms with Crippen LogP contribution >= 0.6 is 0 Å². The topological polar surface area (TPSA) is 64.1 Å². The van der Waals surface area contributed by atoms with Crippen LogP contribution in [0.5, 0.6) is 5.75 Å². The molecule has 3 aromatic rings. The van der Waals surface area contributed by atoms with E-state index in [1.54, 1.807) is 13.3 Å². The number of anilines is 1. The quantitative estimate of drug-likeness (QED) is 0.804. The molecule has 0 spiro atoms. The molecule has 0 unspecified atom stereocenters. The lowest BCUT2D eigenvalue weighted by Gasteiger charge is -2.09. The normalized spacial score (nSPS) is 10.5. The second-order valence-corrected chi connectivity index (χ2v) is 5.31. The van der Waals surface area contributed by atoms with Crippen molar-refractivity contribution in [3.05, 3.63) is 59.8 Å². The average molecular weight is 307 g/mol. The predicted molar refractivity (Wildman–Crippen MR) is 89.6 cm³/mol. The number of rotatable bonds is 4. The molecule has 1 aromatic heterocycles. The van der Waals surface area contributed by atoms with Crippen LogP contribution in [-0.4, -0.2) is 23.2 Å². The monoisotopic (exact) mass is 307 g/mol. The molecular formula is C18H17N3O2. The maximum absolute atomic E-state index is 12.3. The summed E-state index contributed by atoms with van der Waals surface area (Å²) in [6, 6.07) is 13.3. The van der Waals surface area contributed by atoms with Gasteiger partial charge in [0.2, 0.25) is 5.91 Å². The van der Waals surface area contributed by atoms with Gasteiger partial charge in [0, 0.05) is 10.8 Å². The van der Waals surface area contributed by atoms with Gasteiger partial charge in [0.05, 0.1) is 19.7 Å². The first kappa shape index (κ1) is 15.0. The molecule has 1 heterocycles. The van der Waals surface area contributed by atoms with Crippen molar-refractivity contribution in [2.45, 2.75) is 13.3 Å². The van der Waals surface area contributed by atoms with Crippen LogP contribution in [0.3, 0.4) is 0 Å². The Labute approximate surface area is 134 Å². The van der Waals surface area contributed by atoms with Crippen molar-refractivity contribution in [1.29, 1.82) is 0 Å². The molecule has 0 saturated carbocycles. The van der Waals surface area contributed by atoms with Crippen LogP contribution in [0.1, 0.15) is 11.1 Å². The van der Waals surface area contributed by atoms with E-state index in [1.165, 1.54) is 0 Å². The van der Waals surface area contributed by atoms with Crippen molar-refractivity contribution >= 4 is 22.5 Å². The van der Waals surface area contributed by atoms with Crippen LogP contribution in [0.4, 0.5) is 5.82 Å². The van der Waals surface area contributed by atoms with Crippen LogP contribution in [0.25, 0.3) is 10.8 Å². The fourth-order valence-corrected chi connectivity index (χ4v) is 2.51. The number of aryl methyl sites for hydroxylation is 1. The lowest BCUT2D eigenvalue weighted by Crippen LogP contribution is -2.16. The van der Waals surface area contributed by atoms with Gasteiger partial charge in [-0.2, -0.15) is 5.10 Å². The van der Waals surface area contributed by atoms with E-state index in [1.807, 2.05) is 49.4 Å². The molecule has 3 rings (SSSR count). The summed E-state index contributed by atoms with van der Waals surface area (Å²) < 4.78 is 5.11. The van der Waals surface area contributed by atoms with Gasteiger partial charge in [0.1, 0.15) is 5.75 Å². The van der Waals surface area contributed by atoms with E-state index in [-0.39, 0.29) is 12.3 Å². The molecule has 23 heavy (non-hydrogen) atoms. The van der Waals surface area contributed by atoms with Crippen molar-refractivity contribution in [1.82, 2.24) is 10.2 Å². The zero-order chi connectivity index (χ0) is 16.2. The zero-order valence-corrected chi connectivity index (χ0v) is 13.0. The number of aromatic nitrogens is 2. The Bertz CT molecular complexity index is 839. The highest BCUT2D eigenvalue weighted by Gasteiger charge is 2.10. The number of hydrogen-bond donors (Lipinski definition) is 1. The van der Waals surface area contributed by atoms with Crippen LogP contribution in [0.2, 0.25) is 0 Å². The SMILES string of the molecule is COc1ccc(CC(=O)Nc2nncc3cccc(C)c23)cc1. The van der Waals surface area contributed by atoms with E-state index in [0.717, 1.165) is 27.6 Å². The molecule has 0 fully saturated rings. The number of amides is 1. The Morgan fingerprint density at radius 2 is 1.96 bits per heavy atom. The third-order valence-corrected chi connectivity index (χ3v) is 3.68. The molecule has 0 radical (unpaired) electrons. The number of methoxy groups -OCH3 is 1. The van der Waals surface area contributed by atoms with Gasteiger partial charge in [-0.15, -0.1) is 5.10 Å². The minimum atomic E-state index is -0.125. The van der Waals surface area contributed by atoms with Gasteiger partial charge in [-0.3, -0.25) is 4.79 Å².